The quantitative estimate of drug-likeness (QED) is 0.0358. The van der Waals surface area contributed by atoms with Crippen LogP contribution in [0.3, 0.4) is 0 Å². The molecule has 1 aromatic heterocycles. The van der Waals surface area contributed by atoms with Gasteiger partial charge in [-0.05, 0) is 44.0 Å². The Hall–Kier alpha value is -2.65. The summed E-state index contributed by atoms with van der Waals surface area (Å²) in [4.78, 5) is 14.0. The van der Waals surface area contributed by atoms with Crippen LogP contribution in [-0.4, -0.2) is 105 Å². The van der Waals surface area contributed by atoms with Gasteiger partial charge in [-0.1, -0.05) is 38.1 Å². The molecule has 1 fully saturated rings. The molecule has 1 aliphatic heterocycles. The third kappa shape index (κ3) is 11.8. The molecule has 9 nitrogen and oxygen atoms in total. The molecule has 0 amide bonds. The number of nitrogens with zero attached hydrogens (tertiary/aromatic N) is 1. The van der Waals surface area contributed by atoms with Crippen LogP contribution in [0.2, 0.25) is 25.2 Å². The van der Waals surface area contributed by atoms with Crippen LogP contribution in [-0.2, 0) is 38.5 Å². The van der Waals surface area contributed by atoms with Crippen LogP contribution in [0.1, 0.15) is 63.9 Å². The number of aryl methyl sites for hydroxylation is 1. The van der Waals surface area contributed by atoms with Crippen molar-refractivity contribution in [2.24, 2.45) is 5.92 Å². The molecule has 0 spiro atoms. The number of alkyl halides is 17. The molecule has 0 aromatic carbocycles. The maximum Gasteiger partial charge on any atom is 0.460 e. The fourth-order valence-electron chi connectivity index (χ4n) is 7.17. The van der Waals surface area contributed by atoms with Crippen LogP contribution in [0, 0.1) is 5.92 Å². The largest absolute Gasteiger partial charge is 0.465 e. The highest BCUT2D eigenvalue weighted by atomic mass is 32.2. The molecular formula is C35H47F17NO8SSi3+. The number of carbonyl (C=O) groups is 1. The molecule has 1 aromatic rings. The number of esters is 1. The van der Waals surface area contributed by atoms with Crippen LogP contribution in [0.4, 0.5) is 74.6 Å². The van der Waals surface area contributed by atoms with Crippen molar-refractivity contribution >= 4 is 41.8 Å². The number of rotatable bonds is 24. The summed E-state index contributed by atoms with van der Waals surface area (Å²) in [5.74, 6) is -62.0. The molecule has 5 atom stereocenters. The number of pyridine rings is 1. The first kappa shape index (κ1) is 58.5. The molecule has 1 saturated heterocycles. The number of halogens is 17. The van der Waals surface area contributed by atoms with E-state index in [1.54, 1.807) is 32.2 Å². The number of aromatic nitrogens is 1. The summed E-state index contributed by atoms with van der Waals surface area (Å²) in [7, 11) is -14.9. The SMILES string of the molecule is C=C[Si]1(C)O[Si](C)(C=C)O[Si](C)(C(CC)C(CC(CCC)c2cc[n+](CCCS(=O)(=O)O)cc2)C(=O)OCCC(F)(F)C(F)(F)C(F)(F)C(F)(F)C(F)(F)C(F)(F)C(F)(F)C(F)(F)F)O1. The Balaban J connectivity index is 2.62. The van der Waals surface area contributed by atoms with E-state index in [9.17, 15) is 87.8 Å². The standard InChI is InChI=1S/C35H46F17NO8SSi3/c1-8-13-24(23-14-18-53(19-15-23)17-12-21-62(55,56)57)22-25(26(9-2)65(7)60-63(5,10-3)59-64(6,11-4)61-65)27(54)58-20-16-28(36,37)29(38,39)30(40,41)31(42,43)32(44,45)33(46,47)34(48,49)35(50,51)52/h10-11,14-15,18-19,24-26H,3-4,8-9,12-13,16-17,20-22H2,1-2,5-7H3/p+1. The molecule has 0 radical (unpaired) electrons. The Morgan fingerprint density at radius 1 is 0.769 bits per heavy atom. The predicted octanol–water partition coefficient (Wildman–Crippen LogP) is 10.6. The third-order valence-electron chi connectivity index (χ3n) is 10.7. The van der Waals surface area contributed by atoms with E-state index in [0.717, 1.165) is 0 Å². The lowest BCUT2D eigenvalue weighted by atomic mass is 9.84. The van der Waals surface area contributed by atoms with Gasteiger partial charge in [0, 0.05) is 24.1 Å². The summed E-state index contributed by atoms with van der Waals surface area (Å²) in [6.07, 6.45) is -7.50. The van der Waals surface area contributed by atoms with Crippen LogP contribution in [0.25, 0.3) is 0 Å². The van der Waals surface area contributed by atoms with Gasteiger partial charge in [0.05, 0.1) is 24.7 Å². The second-order valence-corrected chi connectivity index (χ2v) is 27.4. The molecule has 65 heavy (non-hydrogen) atoms. The van der Waals surface area contributed by atoms with E-state index in [2.05, 4.69) is 13.2 Å². The van der Waals surface area contributed by atoms with E-state index in [0.29, 0.717) is 12.0 Å². The van der Waals surface area contributed by atoms with Gasteiger partial charge in [-0.2, -0.15) is 83.1 Å². The van der Waals surface area contributed by atoms with E-state index < -0.39 is 126 Å². The van der Waals surface area contributed by atoms with Gasteiger partial charge in [0.1, 0.15) is 6.54 Å². The van der Waals surface area contributed by atoms with Gasteiger partial charge in [-0.25, -0.2) is 4.57 Å². The van der Waals surface area contributed by atoms with Crippen molar-refractivity contribution in [3.8, 4) is 0 Å². The topological polar surface area (TPSA) is 112 Å². The average Bonchev–Trinajstić information content (AvgIpc) is 3.15. The van der Waals surface area contributed by atoms with Crippen molar-refractivity contribution in [2.75, 3.05) is 12.4 Å². The molecule has 5 unspecified atom stereocenters. The maximum absolute atomic E-state index is 14.9. The number of hydrogen-bond acceptors (Lipinski definition) is 7. The zero-order chi connectivity index (χ0) is 50.9. The van der Waals surface area contributed by atoms with Crippen LogP contribution in [0.5, 0.6) is 0 Å². The highest BCUT2D eigenvalue weighted by Crippen LogP contribution is 2.64. The van der Waals surface area contributed by atoms with Gasteiger partial charge in [-0.15, -0.1) is 13.2 Å². The maximum atomic E-state index is 14.9. The van der Waals surface area contributed by atoms with Crippen molar-refractivity contribution in [3.05, 3.63) is 54.6 Å². The van der Waals surface area contributed by atoms with Crippen molar-refractivity contribution in [1.29, 1.82) is 0 Å². The van der Waals surface area contributed by atoms with Crippen LogP contribution >= 0.6 is 0 Å². The Kier molecular flexibility index (Phi) is 17.8. The summed E-state index contributed by atoms with van der Waals surface area (Å²) < 4.78 is 293. The van der Waals surface area contributed by atoms with Crippen LogP contribution in [0.15, 0.2) is 49.1 Å². The number of hydrogen-bond donors (Lipinski definition) is 1. The van der Waals surface area contributed by atoms with Gasteiger partial charge in [0.15, 0.2) is 12.4 Å². The average molecular weight is 1050 g/mol. The van der Waals surface area contributed by atoms with E-state index in [-0.39, 0.29) is 32.2 Å². The molecule has 2 heterocycles. The smallest absolute Gasteiger partial charge is 0.460 e. The van der Waals surface area contributed by atoms with E-state index in [1.165, 1.54) is 41.8 Å². The third-order valence-corrected chi connectivity index (χ3v) is 24.9. The minimum Gasteiger partial charge on any atom is -0.465 e. The molecule has 1 aliphatic rings. The normalized spacial score (nSPS) is 23.7. The summed E-state index contributed by atoms with van der Waals surface area (Å²) in [5, 5.41) is 0. The minimum atomic E-state index is -8.78. The monoisotopic (exact) mass is 1050 g/mol. The van der Waals surface area contributed by atoms with Crippen LogP contribution < -0.4 is 4.57 Å². The van der Waals surface area contributed by atoms with Gasteiger partial charge < -0.3 is 17.1 Å². The molecule has 0 saturated carbocycles. The van der Waals surface area contributed by atoms with E-state index in [4.69, 9.17) is 21.6 Å². The van der Waals surface area contributed by atoms with Gasteiger partial charge >= 0.3 is 79.3 Å². The number of ether oxygens (including phenoxy) is 1. The summed E-state index contributed by atoms with van der Waals surface area (Å²) >= 11 is 0. The fraction of sp³-hybridized carbons (Fsp3) is 0.714. The second kappa shape index (κ2) is 19.8. The Labute approximate surface area is 365 Å². The molecular weight excluding hydrogens is 1000 g/mol. The van der Waals surface area contributed by atoms with Crippen molar-refractivity contribution in [2.45, 2.75) is 138 Å². The Morgan fingerprint density at radius 2 is 1.22 bits per heavy atom. The van der Waals surface area contributed by atoms with Crippen molar-refractivity contribution in [1.82, 2.24) is 0 Å². The first-order valence-electron chi connectivity index (χ1n) is 19.3. The van der Waals surface area contributed by atoms with Gasteiger partial charge in [-0.3, -0.25) is 9.35 Å². The lowest BCUT2D eigenvalue weighted by Crippen LogP contribution is -2.74. The summed E-state index contributed by atoms with van der Waals surface area (Å²) in [5.41, 5.74) is 2.18. The summed E-state index contributed by atoms with van der Waals surface area (Å²) in [6.45, 7) is 13.4. The zero-order valence-electron chi connectivity index (χ0n) is 35.1. The number of carbonyl (C=O) groups excluding carboxylic acids is 1. The molecule has 0 aliphatic carbocycles. The van der Waals surface area contributed by atoms with E-state index in [1.807, 2.05) is 0 Å². The molecule has 30 heteroatoms. The molecule has 0 bridgehead atoms. The van der Waals surface area contributed by atoms with Gasteiger partial charge in [0.25, 0.3) is 10.1 Å². The van der Waals surface area contributed by atoms with Crippen molar-refractivity contribution < 1.29 is 114 Å². The second-order valence-electron chi connectivity index (χ2n) is 15.7. The van der Waals surface area contributed by atoms with E-state index >= 15 is 0 Å². The molecule has 2 rings (SSSR count). The Morgan fingerprint density at radius 3 is 1.62 bits per heavy atom. The minimum absolute atomic E-state index is 0.00548. The van der Waals surface area contributed by atoms with Crippen molar-refractivity contribution in [3.63, 3.8) is 0 Å². The highest BCUT2D eigenvalue weighted by Gasteiger charge is 2.95. The van der Waals surface area contributed by atoms with Gasteiger partial charge in [0.2, 0.25) is 0 Å². The highest BCUT2D eigenvalue weighted by molar-refractivity contribution is 7.85. The Bertz CT molecular complexity index is 1930. The predicted molar refractivity (Wildman–Crippen MR) is 202 cm³/mol. The molecule has 1 N–H and O–H groups in total. The zero-order valence-corrected chi connectivity index (χ0v) is 38.9. The first-order chi connectivity index (χ1) is 29.1. The lowest BCUT2D eigenvalue weighted by Gasteiger charge is -2.51. The molecule has 376 valence electrons. The fourth-order valence-corrected chi connectivity index (χ4v) is 23.2. The first-order valence-corrected chi connectivity index (χ1v) is 28.1. The summed E-state index contributed by atoms with van der Waals surface area (Å²) in [6, 6.07) is 3.12. The lowest BCUT2D eigenvalue weighted by molar-refractivity contribution is -0.696.